The summed E-state index contributed by atoms with van der Waals surface area (Å²) < 4.78 is 5.97. The van der Waals surface area contributed by atoms with E-state index in [2.05, 4.69) is 15.9 Å². The van der Waals surface area contributed by atoms with Gasteiger partial charge in [-0.1, -0.05) is 15.9 Å². The van der Waals surface area contributed by atoms with Crippen LogP contribution >= 0.6 is 15.9 Å². The maximum Gasteiger partial charge on any atom is 0.160 e. The van der Waals surface area contributed by atoms with Crippen molar-refractivity contribution in [2.45, 2.75) is 19.3 Å². The zero-order chi connectivity index (χ0) is 11.3. The van der Waals surface area contributed by atoms with Crippen LogP contribution in [0.25, 0.3) is 0 Å². The monoisotopic (exact) mass is 273 g/mol. The van der Waals surface area contributed by atoms with Crippen molar-refractivity contribution in [3.8, 4) is 11.5 Å². The number of phenols is 1. The molecule has 1 aromatic rings. The van der Waals surface area contributed by atoms with Crippen molar-refractivity contribution >= 4 is 15.9 Å². The summed E-state index contributed by atoms with van der Waals surface area (Å²) in [6.07, 6.45) is 2.99. The minimum absolute atomic E-state index is 0.159. The number of aromatic hydroxyl groups is 1. The normalized spacial score (nSPS) is 10.3. The van der Waals surface area contributed by atoms with E-state index in [1.807, 2.05) is 6.07 Å². The second-order valence-electron chi connectivity index (χ2n) is 3.36. The number of hydrogen-bond acceptors (Lipinski definition) is 3. The van der Waals surface area contributed by atoms with Crippen molar-refractivity contribution in [2.75, 3.05) is 13.7 Å². The van der Waals surface area contributed by atoms with Crippen molar-refractivity contribution in [1.29, 1.82) is 0 Å². The smallest absolute Gasteiger partial charge is 0.160 e. The van der Waals surface area contributed by atoms with Crippen LogP contribution in [0, 0.1) is 0 Å². The summed E-state index contributed by atoms with van der Waals surface area (Å²) in [5, 5.41) is 9.51. The molecule has 0 heterocycles. The summed E-state index contributed by atoms with van der Waals surface area (Å²) >= 11 is 3.42. The molecule has 0 aliphatic heterocycles. The van der Waals surface area contributed by atoms with Crippen LogP contribution in [0.2, 0.25) is 0 Å². The highest BCUT2D eigenvalue weighted by Gasteiger charge is 2.07. The lowest BCUT2D eigenvalue weighted by Gasteiger charge is -2.09. The molecular formula is C11H16BrNO2. The number of aryl methyl sites for hydroxylation is 1. The van der Waals surface area contributed by atoms with E-state index in [-0.39, 0.29) is 5.75 Å². The molecule has 0 aliphatic carbocycles. The maximum atomic E-state index is 9.51. The molecule has 3 N–H and O–H groups in total. The number of ether oxygens (including phenoxy) is 1. The number of hydrogen-bond donors (Lipinski definition) is 2. The van der Waals surface area contributed by atoms with Gasteiger partial charge in [0.05, 0.1) is 7.11 Å². The van der Waals surface area contributed by atoms with Gasteiger partial charge in [-0.05, 0) is 43.5 Å². The Morgan fingerprint density at radius 2 is 2.13 bits per heavy atom. The van der Waals surface area contributed by atoms with Crippen LogP contribution in [0.3, 0.4) is 0 Å². The van der Waals surface area contributed by atoms with E-state index < -0.39 is 0 Å². The van der Waals surface area contributed by atoms with Gasteiger partial charge in [0, 0.05) is 4.47 Å². The fourth-order valence-electron chi connectivity index (χ4n) is 1.40. The highest BCUT2D eigenvalue weighted by atomic mass is 79.9. The lowest BCUT2D eigenvalue weighted by molar-refractivity contribution is 0.372. The van der Waals surface area contributed by atoms with Crippen LogP contribution in [0.15, 0.2) is 16.6 Å². The zero-order valence-corrected chi connectivity index (χ0v) is 10.4. The van der Waals surface area contributed by atoms with E-state index in [0.717, 1.165) is 29.3 Å². The molecule has 0 saturated heterocycles. The van der Waals surface area contributed by atoms with Crippen LogP contribution in [-0.2, 0) is 6.42 Å². The number of unbranched alkanes of at least 4 members (excludes halogenated alkanes) is 1. The number of phenolic OH excluding ortho intramolecular Hbond substituents is 1. The Labute approximate surface area is 98.4 Å². The number of rotatable bonds is 5. The summed E-state index contributed by atoms with van der Waals surface area (Å²) in [6, 6.07) is 3.52. The molecule has 0 saturated carbocycles. The fourth-order valence-corrected chi connectivity index (χ4v) is 1.93. The molecule has 1 rings (SSSR count). The first-order valence-electron chi connectivity index (χ1n) is 4.94. The Morgan fingerprint density at radius 3 is 2.73 bits per heavy atom. The fraction of sp³-hybridized carbons (Fsp3) is 0.455. The van der Waals surface area contributed by atoms with Gasteiger partial charge in [0.15, 0.2) is 11.5 Å². The molecule has 84 valence electrons. The lowest BCUT2D eigenvalue weighted by Crippen LogP contribution is -1.99. The van der Waals surface area contributed by atoms with Gasteiger partial charge < -0.3 is 15.6 Å². The van der Waals surface area contributed by atoms with Crippen LogP contribution in [0.5, 0.6) is 11.5 Å². The Hall–Kier alpha value is -0.740. The van der Waals surface area contributed by atoms with Gasteiger partial charge in [0.25, 0.3) is 0 Å². The molecule has 0 fully saturated rings. The minimum atomic E-state index is 0.159. The first-order chi connectivity index (χ1) is 7.19. The van der Waals surface area contributed by atoms with E-state index in [0.29, 0.717) is 12.3 Å². The molecule has 3 nitrogen and oxygen atoms in total. The van der Waals surface area contributed by atoms with E-state index in [1.54, 1.807) is 13.2 Å². The molecule has 0 aliphatic rings. The van der Waals surface area contributed by atoms with Crippen LogP contribution in [-0.4, -0.2) is 18.8 Å². The Bertz CT molecular complexity index is 329. The first-order valence-corrected chi connectivity index (χ1v) is 5.73. The number of benzene rings is 1. The standard InChI is InChI=1S/C11H16BrNO2/c1-15-11-6-8(4-2-3-5-13)9(12)7-10(11)14/h6-7,14H,2-5,13H2,1H3. The maximum absolute atomic E-state index is 9.51. The second kappa shape index (κ2) is 5.98. The predicted octanol–water partition coefficient (Wildman–Crippen LogP) is 2.44. The van der Waals surface area contributed by atoms with Crippen molar-refractivity contribution in [3.63, 3.8) is 0 Å². The number of methoxy groups -OCH3 is 1. The summed E-state index contributed by atoms with van der Waals surface area (Å²) in [7, 11) is 1.55. The van der Waals surface area contributed by atoms with Crippen LogP contribution in [0.4, 0.5) is 0 Å². The number of halogens is 1. The van der Waals surface area contributed by atoms with E-state index >= 15 is 0 Å². The minimum Gasteiger partial charge on any atom is -0.504 e. The van der Waals surface area contributed by atoms with Gasteiger partial charge in [-0.2, -0.15) is 0 Å². The molecule has 0 spiro atoms. The second-order valence-corrected chi connectivity index (χ2v) is 4.22. The highest BCUT2D eigenvalue weighted by molar-refractivity contribution is 9.10. The molecular weight excluding hydrogens is 258 g/mol. The van der Waals surface area contributed by atoms with E-state index in [4.69, 9.17) is 10.5 Å². The Balaban J connectivity index is 2.78. The number of nitrogens with two attached hydrogens (primary N) is 1. The Morgan fingerprint density at radius 1 is 1.40 bits per heavy atom. The highest BCUT2D eigenvalue weighted by Crippen LogP contribution is 2.32. The predicted molar refractivity (Wildman–Crippen MR) is 64.4 cm³/mol. The quantitative estimate of drug-likeness (QED) is 0.811. The SMILES string of the molecule is COc1cc(CCCCN)c(Br)cc1O. The average molecular weight is 274 g/mol. The molecule has 0 amide bonds. The molecule has 4 heteroatoms. The lowest BCUT2D eigenvalue weighted by atomic mass is 10.1. The molecule has 1 aromatic carbocycles. The molecule has 0 aromatic heterocycles. The van der Waals surface area contributed by atoms with Gasteiger partial charge >= 0.3 is 0 Å². The summed E-state index contributed by atoms with van der Waals surface area (Å²) in [5.41, 5.74) is 6.57. The summed E-state index contributed by atoms with van der Waals surface area (Å²) in [6.45, 7) is 0.715. The van der Waals surface area contributed by atoms with E-state index in [1.165, 1.54) is 0 Å². The van der Waals surface area contributed by atoms with Gasteiger partial charge in [-0.25, -0.2) is 0 Å². The van der Waals surface area contributed by atoms with Gasteiger partial charge in [0.1, 0.15) is 0 Å². The summed E-state index contributed by atoms with van der Waals surface area (Å²) in [5.74, 6) is 0.674. The van der Waals surface area contributed by atoms with Crippen LogP contribution < -0.4 is 10.5 Å². The third-order valence-electron chi connectivity index (χ3n) is 2.25. The molecule has 0 bridgehead atoms. The zero-order valence-electron chi connectivity index (χ0n) is 8.79. The van der Waals surface area contributed by atoms with Gasteiger partial charge in [-0.15, -0.1) is 0 Å². The molecule has 0 radical (unpaired) electrons. The topological polar surface area (TPSA) is 55.5 Å². The van der Waals surface area contributed by atoms with Crippen molar-refractivity contribution in [2.24, 2.45) is 5.73 Å². The van der Waals surface area contributed by atoms with Crippen molar-refractivity contribution < 1.29 is 9.84 Å². The first kappa shape index (κ1) is 12.3. The summed E-state index contributed by atoms with van der Waals surface area (Å²) in [4.78, 5) is 0. The third-order valence-corrected chi connectivity index (χ3v) is 2.99. The van der Waals surface area contributed by atoms with Crippen molar-refractivity contribution in [3.05, 3.63) is 22.2 Å². The van der Waals surface area contributed by atoms with Gasteiger partial charge in [-0.3, -0.25) is 0 Å². The third kappa shape index (κ3) is 3.39. The van der Waals surface area contributed by atoms with Crippen LogP contribution in [0.1, 0.15) is 18.4 Å². The largest absolute Gasteiger partial charge is 0.504 e. The average Bonchev–Trinajstić information content (AvgIpc) is 2.21. The van der Waals surface area contributed by atoms with E-state index in [9.17, 15) is 5.11 Å². The van der Waals surface area contributed by atoms with Crippen molar-refractivity contribution in [1.82, 2.24) is 0 Å². The molecule has 0 unspecified atom stereocenters. The molecule has 15 heavy (non-hydrogen) atoms. The Kier molecular flexibility index (Phi) is 4.91. The molecule has 0 atom stereocenters. The van der Waals surface area contributed by atoms with Gasteiger partial charge in [0.2, 0.25) is 0 Å².